The Morgan fingerprint density at radius 2 is 1.87 bits per heavy atom. The number of nitrogens with zero attached hydrogens (tertiary/aromatic N) is 4. The number of hydrogen-bond acceptors (Lipinski definition) is 8. The van der Waals surface area contributed by atoms with Crippen LogP contribution in [0.4, 0.5) is 33.3 Å². The van der Waals surface area contributed by atoms with Crippen LogP contribution < -0.4 is 27.2 Å². The fourth-order valence-electron chi connectivity index (χ4n) is 5.67. The second-order valence-electron chi connectivity index (χ2n) is 12.8. The van der Waals surface area contributed by atoms with Gasteiger partial charge in [-0.3, -0.25) is 19.4 Å². The third kappa shape index (κ3) is 5.89. The van der Waals surface area contributed by atoms with Crippen LogP contribution in [0.5, 0.6) is 0 Å². The van der Waals surface area contributed by atoms with E-state index in [1.54, 1.807) is 18.2 Å². The van der Waals surface area contributed by atoms with Crippen molar-refractivity contribution >= 4 is 44.7 Å². The normalized spacial score (nSPS) is 16.6. The number of alkyl halides is 5. The van der Waals surface area contributed by atoms with Crippen LogP contribution in [0.1, 0.15) is 57.3 Å². The average Bonchev–Trinajstić information content (AvgIpc) is 3.69. The van der Waals surface area contributed by atoms with Crippen molar-refractivity contribution in [2.75, 3.05) is 17.2 Å². The van der Waals surface area contributed by atoms with Crippen molar-refractivity contribution in [2.45, 2.75) is 57.9 Å². The number of aromatic nitrogens is 2. The number of halogens is 6. The molecule has 0 bridgehead atoms. The van der Waals surface area contributed by atoms with Gasteiger partial charge in [0, 0.05) is 41.6 Å². The average molecular weight is 673 g/mol. The minimum atomic E-state index is -4.51. The fraction of sp³-hybridized carbons (Fsp3) is 0.344. The summed E-state index contributed by atoms with van der Waals surface area (Å²) in [6.07, 6.45) is -0.995. The quantitative estimate of drug-likeness (QED) is 0.144. The Morgan fingerprint density at radius 3 is 2.51 bits per heavy atom. The highest BCUT2D eigenvalue weighted by Gasteiger charge is 2.67. The molecule has 1 aliphatic heterocycles. The van der Waals surface area contributed by atoms with Gasteiger partial charge in [0.1, 0.15) is 6.07 Å². The lowest BCUT2D eigenvalue weighted by atomic mass is 9.96. The number of hydrogen-bond donors (Lipinski definition) is 4. The maximum atomic E-state index is 14.0. The van der Waals surface area contributed by atoms with E-state index in [1.807, 2.05) is 20.8 Å². The molecule has 15 heteroatoms. The molecule has 2 aromatic carbocycles. The molecule has 0 spiro atoms. The molecule has 0 radical (unpaired) electrons. The van der Waals surface area contributed by atoms with Gasteiger partial charge >= 0.3 is 12.7 Å². The first-order chi connectivity index (χ1) is 22.1. The molecule has 6 rings (SSSR count). The third-order valence-corrected chi connectivity index (χ3v) is 8.58. The van der Waals surface area contributed by atoms with Gasteiger partial charge in [0.25, 0.3) is 5.56 Å². The van der Waals surface area contributed by atoms with Crippen LogP contribution >= 0.6 is 11.6 Å². The Labute approximate surface area is 270 Å². The minimum absolute atomic E-state index is 0.00235. The first kappa shape index (κ1) is 32.3. The van der Waals surface area contributed by atoms with Gasteiger partial charge < -0.3 is 16.1 Å². The molecule has 1 fully saturated rings. The van der Waals surface area contributed by atoms with Crippen molar-refractivity contribution in [3.63, 3.8) is 0 Å². The maximum Gasteiger partial charge on any atom is 0.413 e. The van der Waals surface area contributed by atoms with E-state index in [2.05, 4.69) is 32.6 Å². The van der Waals surface area contributed by atoms with Crippen molar-refractivity contribution < 1.29 is 22.0 Å². The Morgan fingerprint density at radius 1 is 1.13 bits per heavy atom. The smallest absolute Gasteiger partial charge is 0.383 e. The zero-order valence-electron chi connectivity index (χ0n) is 25.4. The fourth-order valence-corrected chi connectivity index (χ4v) is 5.94. The first-order valence-corrected chi connectivity index (χ1v) is 15.1. The molecule has 4 aromatic rings. The van der Waals surface area contributed by atoms with Crippen LogP contribution in [-0.2, 0) is 0 Å². The Balaban J connectivity index is 1.50. The molecule has 246 valence electrons. The molecule has 2 aromatic heterocycles. The zero-order valence-corrected chi connectivity index (χ0v) is 26.2. The van der Waals surface area contributed by atoms with E-state index in [0.717, 1.165) is 11.2 Å². The van der Waals surface area contributed by atoms with Crippen LogP contribution in [0.3, 0.4) is 0 Å². The number of nitriles is 1. The maximum absolute atomic E-state index is 14.0. The van der Waals surface area contributed by atoms with Gasteiger partial charge in [0.05, 0.1) is 33.5 Å². The minimum Gasteiger partial charge on any atom is -0.383 e. The number of hydrazine groups is 2. The van der Waals surface area contributed by atoms with E-state index in [0.29, 0.717) is 44.3 Å². The summed E-state index contributed by atoms with van der Waals surface area (Å²) in [5.74, 6) is 0. The topological polar surface area (TPSA) is 110 Å². The lowest BCUT2D eigenvalue weighted by Crippen LogP contribution is -2.52. The SMILES string of the molecule is CC(C)(C)CNc1c(C#N)cnc2c(Cl)cc(N[C@H](C3=CN(C4(C(F)(F)F)CC4)NN3)c3cccc4c(=O)n(C(F)F)ccc34)cc12. The molecule has 2 aliphatic rings. The molecule has 9 nitrogen and oxygen atoms in total. The van der Waals surface area contributed by atoms with Gasteiger partial charge in [-0.1, -0.05) is 44.5 Å². The van der Waals surface area contributed by atoms with E-state index >= 15 is 0 Å². The molecule has 4 N–H and O–H groups in total. The van der Waals surface area contributed by atoms with E-state index in [1.165, 1.54) is 30.6 Å². The second kappa shape index (κ2) is 11.6. The predicted molar refractivity (Wildman–Crippen MR) is 169 cm³/mol. The number of pyridine rings is 2. The van der Waals surface area contributed by atoms with Crippen molar-refractivity contribution in [3.8, 4) is 6.07 Å². The molecule has 1 aliphatic carbocycles. The van der Waals surface area contributed by atoms with E-state index in [4.69, 9.17) is 11.6 Å². The van der Waals surface area contributed by atoms with Gasteiger partial charge in [-0.05, 0) is 53.5 Å². The molecule has 3 heterocycles. The van der Waals surface area contributed by atoms with Crippen molar-refractivity contribution in [1.29, 1.82) is 5.26 Å². The molecular formula is C32H30ClF5N8O. The summed E-state index contributed by atoms with van der Waals surface area (Å²) in [6.45, 7) is 3.55. The summed E-state index contributed by atoms with van der Waals surface area (Å²) in [5, 5.41) is 18.6. The molecule has 0 unspecified atom stereocenters. The summed E-state index contributed by atoms with van der Waals surface area (Å²) in [7, 11) is 0. The molecule has 1 atom stereocenters. The highest BCUT2D eigenvalue weighted by Crippen LogP contribution is 2.54. The summed E-state index contributed by atoms with van der Waals surface area (Å²) in [6, 6.07) is 10.5. The summed E-state index contributed by atoms with van der Waals surface area (Å²) in [5.41, 5.74) is 4.64. The molecule has 0 amide bonds. The van der Waals surface area contributed by atoms with Gasteiger partial charge in [-0.15, -0.1) is 5.53 Å². The molecule has 0 saturated heterocycles. The highest BCUT2D eigenvalue weighted by molar-refractivity contribution is 6.35. The van der Waals surface area contributed by atoms with Crippen LogP contribution in [0.25, 0.3) is 21.7 Å². The lowest BCUT2D eigenvalue weighted by molar-refractivity contribution is -0.195. The van der Waals surface area contributed by atoms with Gasteiger partial charge in [-0.2, -0.15) is 27.2 Å². The van der Waals surface area contributed by atoms with E-state index in [9.17, 15) is 32.0 Å². The van der Waals surface area contributed by atoms with Gasteiger partial charge in [0.15, 0.2) is 5.54 Å². The number of fused-ring (bicyclic) bond motifs is 2. The molecular weight excluding hydrogens is 643 g/mol. The summed E-state index contributed by atoms with van der Waals surface area (Å²) < 4.78 is 69.5. The monoisotopic (exact) mass is 672 g/mol. The lowest BCUT2D eigenvalue weighted by Gasteiger charge is -2.28. The summed E-state index contributed by atoms with van der Waals surface area (Å²) in [4.78, 5) is 17.4. The predicted octanol–water partition coefficient (Wildman–Crippen LogP) is 7.34. The first-order valence-electron chi connectivity index (χ1n) is 14.7. The highest BCUT2D eigenvalue weighted by atomic mass is 35.5. The third-order valence-electron chi connectivity index (χ3n) is 8.29. The number of rotatable bonds is 8. The van der Waals surface area contributed by atoms with Gasteiger partial charge in [-0.25, -0.2) is 0 Å². The standard InChI is InChI=1S/C32H30ClF5N8O/c1-30(2,3)16-41-25-17(13-39)14-40-26-22(25)11-18(12-23(26)33)42-27(24-15-46(44-43-24)31(8-9-31)32(36,37)38)20-5-4-6-21-19(20)7-10-45(28(21)47)29(34)35/h4-7,10-12,14-15,27,29,42-44H,8-9,16H2,1-3H3,(H,40,41)/t27-/m0/s1. The number of nitrogens with one attached hydrogen (secondary N) is 4. The van der Waals surface area contributed by atoms with Crippen molar-refractivity contribution in [3.05, 3.63) is 87.2 Å². The van der Waals surface area contributed by atoms with Crippen LogP contribution in [0, 0.1) is 16.7 Å². The Hall–Kier alpha value is -4.61. The Kier molecular flexibility index (Phi) is 7.96. The van der Waals surface area contributed by atoms with Crippen LogP contribution in [0.2, 0.25) is 5.02 Å². The van der Waals surface area contributed by atoms with Crippen molar-refractivity contribution in [2.24, 2.45) is 5.41 Å². The van der Waals surface area contributed by atoms with E-state index in [-0.39, 0.29) is 39.9 Å². The number of anilines is 2. The number of benzene rings is 2. The molecule has 47 heavy (non-hydrogen) atoms. The van der Waals surface area contributed by atoms with Crippen LogP contribution in [0.15, 0.2) is 65.5 Å². The van der Waals surface area contributed by atoms with Crippen LogP contribution in [-0.4, -0.2) is 32.8 Å². The largest absolute Gasteiger partial charge is 0.413 e. The van der Waals surface area contributed by atoms with Gasteiger partial charge in [0.2, 0.25) is 0 Å². The Bertz CT molecular complexity index is 2010. The summed E-state index contributed by atoms with van der Waals surface area (Å²) >= 11 is 6.71. The molecule has 1 saturated carbocycles. The second-order valence-corrected chi connectivity index (χ2v) is 13.2. The zero-order chi connectivity index (χ0) is 33.9. The van der Waals surface area contributed by atoms with Crippen molar-refractivity contribution in [1.82, 2.24) is 25.5 Å². The van der Waals surface area contributed by atoms with E-state index < -0.39 is 29.9 Å².